The van der Waals surface area contributed by atoms with E-state index in [1.165, 1.54) is 6.07 Å². The number of anilines is 1. The first-order chi connectivity index (χ1) is 7.04. The third-order valence-electron chi connectivity index (χ3n) is 1.83. The Morgan fingerprint density at radius 1 is 1.53 bits per heavy atom. The smallest absolute Gasteiger partial charge is 0.238 e. The number of hydrogen-bond acceptors (Lipinski definition) is 1. The maximum absolute atomic E-state index is 13.1. The lowest BCUT2D eigenvalue weighted by Crippen LogP contribution is -2.22. The molecule has 0 aromatic heterocycles. The molecule has 82 valence electrons. The van der Waals surface area contributed by atoms with E-state index in [9.17, 15) is 13.6 Å². The van der Waals surface area contributed by atoms with E-state index < -0.39 is 11.6 Å². The first-order valence-corrected chi connectivity index (χ1v) is 5.36. The van der Waals surface area contributed by atoms with Crippen LogP contribution in [0.4, 0.5) is 14.5 Å². The fourth-order valence-corrected chi connectivity index (χ4v) is 1.10. The highest BCUT2D eigenvalue weighted by molar-refractivity contribution is 9.10. The minimum Gasteiger partial charge on any atom is -0.323 e. The normalized spacial score (nSPS) is 12.3. The summed E-state index contributed by atoms with van der Waals surface area (Å²) < 4.78 is 25.7. The van der Waals surface area contributed by atoms with E-state index in [4.69, 9.17) is 0 Å². The second-order valence-corrected chi connectivity index (χ2v) is 4.09. The summed E-state index contributed by atoms with van der Waals surface area (Å²) in [5, 5.41) is 2.36. The summed E-state index contributed by atoms with van der Waals surface area (Å²) in [6.07, 6.45) is 0.592. The van der Waals surface area contributed by atoms with E-state index in [0.29, 0.717) is 6.42 Å². The number of hydrogen-bond donors (Lipinski definition) is 1. The lowest BCUT2D eigenvalue weighted by atomic mass is 10.2. The van der Waals surface area contributed by atoms with Crippen LogP contribution >= 0.6 is 15.9 Å². The minimum absolute atomic E-state index is 0.0145. The lowest BCUT2D eigenvalue weighted by molar-refractivity contribution is -0.115. The SMILES string of the molecule is CC[C@@H](Br)C(=O)Nc1ccc(F)cc1F. The largest absolute Gasteiger partial charge is 0.323 e. The van der Waals surface area contributed by atoms with Gasteiger partial charge in [-0.2, -0.15) is 0 Å². The molecule has 0 saturated heterocycles. The van der Waals surface area contributed by atoms with Crippen molar-refractivity contribution in [2.75, 3.05) is 5.32 Å². The molecule has 0 heterocycles. The highest BCUT2D eigenvalue weighted by Gasteiger charge is 2.14. The van der Waals surface area contributed by atoms with E-state index in [1.807, 2.05) is 6.92 Å². The van der Waals surface area contributed by atoms with Gasteiger partial charge in [-0.1, -0.05) is 22.9 Å². The van der Waals surface area contributed by atoms with Crippen molar-refractivity contribution >= 4 is 27.5 Å². The van der Waals surface area contributed by atoms with Crippen LogP contribution in [0.3, 0.4) is 0 Å². The quantitative estimate of drug-likeness (QED) is 0.846. The van der Waals surface area contributed by atoms with Gasteiger partial charge in [0.05, 0.1) is 10.5 Å². The van der Waals surface area contributed by atoms with Gasteiger partial charge in [0.1, 0.15) is 11.6 Å². The Hall–Kier alpha value is -0.970. The number of halogens is 3. The molecule has 1 atom stereocenters. The molecule has 1 N–H and O–H groups in total. The van der Waals surface area contributed by atoms with E-state index in [2.05, 4.69) is 21.2 Å². The van der Waals surface area contributed by atoms with Crippen molar-refractivity contribution in [3.8, 4) is 0 Å². The molecule has 5 heteroatoms. The number of alkyl halides is 1. The maximum Gasteiger partial charge on any atom is 0.238 e. The third-order valence-corrected chi connectivity index (χ3v) is 2.90. The van der Waals surface area contributed by atoms with Gasteiger partial charge in [-0.05, 0) is 18.6 Å². The van der Waals surface area contributed by atoms with Crippen LogP contribution in [0.5, 0.6) is 0 Å². The van der Waals surface area contributed by atoms with Crippen LogP contribution in [0.15, 0.2) is 18.2 Å². The molecule has 0 saturated carbocycles. The molecular formula is C10H10BrF2NO. The van der Waals surface area contributed by atoms with Gasteiger partial charge in [-0.3, -0.25) is 4.79 Å². The second kappa shape index (κ2) is 5.21. The van der Waals surface area contributed by atoms with Crippen LogP contribution in [-0.2, 0) is 4.79 Å². The first kappa shape index (κ1) is 12.1. The Morgan fingerprint density at radius 2 is 2.20 bits per heavy atom. The summed E-state index contributed by atoms with van der Waals surface area (Å²) in [7, 11) is 0. The van der Waals surface area contributed by atoms with Gasteiger partial charge < -0.3 is 5.32 Å². The van der Waals surface area contributed by atoms with Crippen molar-refractivity contribution in [3.63, 3.8) is 0 Å². The summed E-state index contributed by atoms with van der Waals surface area (Å²) in [4.78, 5) is 11.0. The fourth-order valence-electron chi connectivity index (χ4n) is 0.987. The fraction of sp³-hybridized carbons (Fsp3) is 0.300. The summed E-state index contributed by atoms with van der Waals surface area (Å²) in [6, 6.07) is 3.01. The molecule has 0 fully saturated rings. The Kier molecular flexibility index (Phi) is 4.20. The summed E-state index contributed by atoms with van der Waals surface area (Å²) in [6.45, 7) is 1.82. The van der Waals surface area contributed by atoms with E-state index in [-0.39, 0.29) is 16.4 Å². The van der Waals surface area contributed by atoms with Gasteiger partial charge >= 0.3 is 0 Å². The molecule has 2 nitrogen and oxygen atoms in total. The van der Waals surface area contributed by atoms with Crippen LogP contribution in [0, 0.1) is 11.6 Å². The Labute approximate surface area is 94.8 Å². The number of rotatable bonds is 3. The van der Waals surface area contributed by atoms with Crippen LogP contribution in [-0.4, -0.2) is 10.7 Å². The zero-order valence-corrected chi connectivity index (χ0v) is 9.64. The number of carbonyl (C=O) groups is 1. The van der Waals surface area contributed by atoms with Gasteiger partial charge in [0.25, 0.3) is 0 Å². The Bertz CT molecular complexity index is 370. The van der Waals surface area contributed by atoms with Gasteiger partial charge in [-0.15, -0.1) is 0 Å². The minimum atomic E-state index is -0.779. The molecule has 0 aliphatic carbocycles. The zero-order valence-electron chi connectivity index (χ0n) is 8.06. The van der Waals surface area contributed by atoms with Crippen molar-refractivity contribution in [3.05, 3.63) is 29.8 Å². The van der Waals surface area contributed by atoms with E-state index in [0.717, 1.165) is 12.1 Å². The maximum atomic E-state index is 13.1. The second-order valence-electron chi connectivity index (χ2n) is 2.99. The molecule has 0 bridgehead atoms. The highest BCUT2D eigenvalue weighted by Crippen LogP contribution is 2.16. The molecule has 0 radical (unpaired) electrons. The average Bonchev–Trinajstić information content (AvgIpc) is 2.20. The third kappa shape index (κ3) is 3.27. The molecule has 0 unspecified atom stereocenters. The monoisotopic (exact) mass is 277 g/mol. The van der Waals surface area contributed by atoms with Crippen LogP contribution in [0.1, 0.15) is 13.3 Å². The van der Waals surface area contributed by atoms with E-state index in [1.54, 1.807) is 0 Å². The van der Waals surface area contributed by atoms with Crippen molar-refractivity contribution in [1.82, 2.24) is 0 Å². The number of nitrogens with one attached hydrogen (secondary N) is 1. The topological polar surface area (TPSA) is 29.1 Å². The number of amides is 1. The molecule has 1 aromatic carbocycles. The molecule has 0 spiro atoms. The van der Waals surface area contributed by atoms with Crippen LogP contribution in [0.2, 0.25) is 0 Å². The molecular weight excluding hydrogens is 268 g/mol. The van der Waals surface area contributed by atoms with Crippen molar-refractivity contribution < 1.29 is 13.6 Å². The van der Waals surface area contributed by atoms with Gasteiger partial charge in [-0.25, -0.2) is 8.78 Å². The van der Waals surface area contributed by atoms with Crippen molar-refractivity contribution in [2.45, 2.75) is 18.2 Å². The first-order valence-electron chi connectivity index (χ1n) is 4.44. The molecule has 15 heavy (non-hydrogen) atoms. The van der Waals surface area contributed by atoms with Gasteiger partial charge in [0.15, 0.2) is 0 Å². The molecule has 1 aromatic rings. The summed E-state index contributed by atoms with van der Waals surface area (Å²) in [5.74, 6) is -1.79. The molecule has 0 aliphatic heterocycles. The molecule has 1 rings (SSSR count). The van der Waals surface area contributed by atoms with Crippen LogP contribution < -0.4 is 5.32 Å². The number of carbonyl (C=O) groups excluding carboxylic acids is 1. The van der Waals surface area contributed by atoms with Crippen molar-refractivity contribution in [2.24, 2.45) is 0 Å². The Morgan fingerprint density at radius 3 is 2.73 bits per heavy atom. The lowest BCUT2D eigenvalue weighted by Gasteiger charge is -2.09. The standard InChI is InChI=1S/C10H10BrF2NO/c1-2-7(11)10(15)14-9-4-3-6(12)5-8(9)13/h3-5,7H,2H2,1H3,(H,14,15)/t7-/m1/s1. The van der Waals surface area contributed by atoms with Gasteiger partial charge in [0, 0.05) is 6.07 Å². The summed E-state index contributed by atoms with van der Waals surface area (Å²) >= 11 is 3.13. The number of benzene rings is 1. The predicted octanol–water partition coefficient (Wildman–Crippen LogP) is 3.08. The van der Waals surface area contributed by atoms with Crippen LogP contribution in [0.25, 0.3) is 0 Å². The highest BCUT2D eigenvalue weighted by atomic mass is 79.9. The average molecular weight is 278 g/mol. The summed E-state index contributed by atoms with van der Waals surface area (Å²) in [5.41, 5.74) is -0.0145. The Balaban J connectivity index is 2.77. The van der Waals surface area contributed by atoms with E-state index >= 15 is 0 Å². The van der Waals surface area contributed by atoms with Crippen molar-refractivity contribution in [1.29, 1.82) is 0 Å². The molecule has 1 amide bonds. The molecule has 0 aliphatic rings. The predicted molar refractivity (Wildman–Crippen MR) is 58.0 cm³/mol. The van der Waals surface area contributed by atoms with Gasteiger partial charge in [0.2, 0.25) is 5.91 Å². The zero-order chi connectivity index (χ0) is 11.4.